The highest BCUT2D eigenvalue weighted by Crippen LogP contribution is 2.28. The van der Waals surface area contributed by atoms with Gasteiger partial charge < -0.3 is 20.1 Å². The van der Waals surface area contributed by atoms with Gasteiger partial charge in [-0.1, -0.05) is 32.0 Å². The predicted molar refractivity (Wildman–Crippen MR) is 93.9 cm³/mol. The van der Waals surface area contributed by atoms with Gasteiger partial charge in [0.05, 0.1) is 6.07 Å². The molecular formula is C18H23N3O4. The van der Waals surface area contributed by atoms with Crippen molar-refractivity contribution in [1.29, 1.82) is 0 Å². The summed E-state index contributed by atoms with van der Waals surface area (Å²) in [7, 11) is 0. The fourth-order valence-electron chi connectivity index (χ4n) is 2.37. The minimum absolute atomic E-state index is 0.0859. The normalized spacial score (nSPS) is 11.8. The molecule has 1 amide bonds. The third kappa shape index (κ3) is 5.63. The van der Waals surface area contributed by atoms with Gasteiger partial charge in [-0.2, -0.15) is 0 Å². The summed E-state index contributed by atoms with van der Waals surface area (Å²) in [6.45, 7) is 4.41. The van der Waals surface area contributed by atoms with Crippen LogP contribution in [0.5, 0.6) is 11.6 Å². The molecule has 134 valence electrons. The molecule has 2 rings (SSSR count). The number of H-pyrrole nitrogens is 1. The van der Waals surface area contributed by atoms with Crippen LogP contribution in [0.3, 0.4) is 0 Å². The van der Waals surface area contributed by atoms with Crippen molar-refractivity contribution < 1.29 is 14.6 Å². The molecule has 0 saturated carbocycles. The molecule has 25 heavy (non-hydrogen) atoms. The first-order valence-electron chi connectivity index (χ1n) is 8.27. The van der Waals surface area contributed by atoms with Crippen molar-refractivity contribution in [3.8, 4) is 11.6 Å². The van der Waals surface area contributed by atoms with Gasteiger partial charge in [0.1, 0.15) is 11.6 Å². The zero-order chi connectivity index (χ0) is 18.2. The van der Waals surface area contributed by atoms with Gasteiger partial charge in [-0.05, 0) is 24.0 Å². The number of hydrogen-bond acceptors (Lipinski definition) is 5. The van der Waals surface area contributed by atoms with Crippen LogP contribution in [0.1, 0.15) is 37.6 Å². The minimum atomic E-state index is -0.432. The SMILES string of the molecule is CCC(C)c1ccccc1OCC(=O)NCCc1nc(O)cc(=O)[nH]1. The van der Waals surface area contributed by atoms with Crippen LogP contribution >= 0.6 is 0 Å². The maximum Gasteiger partial charge on any atom is 0.257 e. The molecule has 1 atom stereocenters. The number of nitrogens with one attached hydrogen (secondary N) is 2. The Morgan fingerprint density at radius 2 is 2.16 bits per heavy atom. The molecule has 0 radical (unpaired) electrons. The van der Waals surface area contributed by atoms with Gasteiger partial charge in [0.15, 0.2) is 6.61 Å². The maximum atomic E-state index is 11.9. The number of ether oxygens (including phenoxy) is 1. The van der Waals surface area contributed by atoms with Gasteiger partial charge in [-0.25, -0.2) is 4.98 Å². The van der Waals surface area contributed by atoms with Crippen LogP contribution in [0.4, 0.5) is 0 Å². The summed E-state index contributed by atoms with van der Waals surface area (Å²) in [5, 5.41) is 12.0. The van der Waals surface area contributed by atoms with E-state index in [-0.39, 0.29) is 24.9 Å². The lowest BCUT2D eigenvalue weighted by atomic mass is 9.98. The van der Waals surface area contributed by atoms with Crippen molar-refractivity contribution in [3.05, 3.63) is 52.1 Å². The second-order valence-electron chi connectivity index (χ2n) is 5.79. The van der Waals surface area contributed by atoms with Crippen LogP contribution in [0.2, 0.25) is 0 Å². The lowest BCUT2D eigenvalue weighted by Crippen LogP contribution is -2.31. The molecule has 0 aliphatic carbocycles. The molecule has 2 aromatic rings. The van der Waals surface area contributed by atoms with Crippen LogP contribution in [0, 0.1) is 0 Å². The molecule has 0 saturated heterocycles. The summed E-state index contributed by atoms with van der Waals surface area (Å²) in [6, 6.07) is 8.69. The van der Waals surface area contributed by atoms with Crippen molar-refractivity contribution in [2.24, 2.45) is 0 Å². The van der Waals surface area contributed by atoms with Crippen LogP contribution < -0.4 is 15.6 Å². The molecule has 3 N–H and O–H groups in total. The Morgan fingerprint density at radius 1 is 1.40 bits per heavy atom. The van der Waals surface area contributed by atoms with Gasteiger partial charge in [-0.3, -0.25) is 9.59 Å². The summed E-state index contributed by atoms with van der Waals surface area (Å²) >= 11 is 0. The Balaban J connectivity index is 1.82. The van der Waals surface area contributed by atoms with E-state index in [1.807, 2.05) is 24.3 Å². The van der Waals surface area contributed by atoms with E-state index >= 15 is 0 Å². The number of rotatable bonds is 8. The molecule has 1 aromatic carbocycles. The average Bonchev–Trinajstić information content (AvgIpc) is 2.58. The molecule has 1 aromatic heterocycles. The number of nitrogens with zero attached hydrogens (tertiary/aromatic N) is 1. The fraction of sp³-hybridized carbons (Fsp3) is 0.389. The number of hydrogen-bond donors (Lipinski definition) is 3. The first kappa shape index (κ1) is 18.5. The largest absolute Gasteiger partial charge is 0.493 e. The second-order valence-corrected chi connectivity index (χ2v) is 5.79. The highest BCUT2D eigenvalue weighted by atomic mass is 16.5. The Hall–Kier alpha value is -2.83. The number of aromatic amines is 1. The molecule has 0 spiro atoms. The number of carbonyl (C=O) groups is 1. The van der Waals surface area contributed by atoms with E-state index in [0.717, 1.165) is 18.1 Å². The van der Waals surface area contributed by atoms with E-state index in [0.29, 0.717) is 23.9 Å². The molecule has 0 aliphatic rings. The smallest absolute Gasteiger partial charge is 0.257 e. The molecule has 0 bridgehead atoms. The van der Waals surface area contributed by atoms with Crippen molar-refractivity contribution in [2.75, 3.05) is 13.2 Å². The monoisotopic (exact) mass is 345 g/mol. The standard InChI is InChI=1S/C18H23N3O4/c1-3-12(2)13-6-4-5-7-14(13)25-11-18(24)19-9-8-15-20-16(22)10-17(23)21-15/h4-7,10,12H,3,8-9,11H2,1-2H3,(H,19,24)(H2,20,21,22,23). The average molecular weight is 345 g/mol. The molecule has 0 aliphatic heterocycles. The van der Waals surface area contributed by atoms with E-state index in [9.17, 15) is 14.7 Å². The zero-order valence-electron chi connectivity index (χ0n) is 14.4. The van der Waals surface area contributed by atoms with Crippen LogP contribution in [0.25, 0.3) is 0 Å². The lowest BCUT2D eigenvalue weighted by Gasteiger charge is -2.15. The molecule has 1 heterocycles. The van der Waals surface area contributed by atoms with Crippen molar-refractivity contribution in [2.45, 2.75) is 32.6 Å². The molecular weight excluding hydrogens is 322 g/mol. The molecule has 0 fully saturated rings. The van der Waals surface area contributed by atoms with Crippen molar-refractivity contribution >= 4 is 5.91 Å². The topological polar surface area (TPSA) is 104 Å². The van der Waals surface area contributed by atoms with E-state index in [4.69, 9.17) is 4.74 Å². The van der Waals surface area contributed by atoms with Gasteiger partial charge in [-0.15, -0.1) is 0 Å². The first-order valence-corrected chi connectivity index (χ1v) is 8.27. The summed E-state index contributed by atoms with van der Waals surface area (Å²) < 4.78 is 5.64. The number of para-hydroxylation sites is 1. The van der Waals surface area contributed by atoms with E-state index in [1.54, 1.807) is 0 Å². The lowest BCUT2D eigenvalue weighted by molar-refractivity contribution is -0.123. The number of benzene rings is 1. The second kappa shape index (κ2) is 8.86. The van der Waals surface area contributed by atoms with Crippen LogP contribution in [-0.2, 0) is 11.2 Å². The third-order valence-corrected chi connectivity index (χ3v) is 3.88. The van der Waals surface area contributed by atoms with Crippen molar-refractivity contribution in [1.82, 2.24) is 15.3 Å². The van der Waals surface area contributed by atoms with E-state index in [2.05, 4.69) is 29.1 Å². The van der Waals surface area contributed by atoms with E-state index < -0.39 is 5.56 Å². The number of amides is 1. The predicted octanol–water partition coefficient (Wildman–Crippen LogP) is 1.73. The first-order chi connectivity index (χ1) is 12.0. The number of carbonyl (C=O) groups excluding carboxylic acids is 1. The maximum absolute atomic E-state index is 11.9. The molecule has 7 nitrogen and oxygen atoms in total. The van der Waals surface area contributed by atoms with Gasteiger partial charge in [0.2, 0.25) is 5.88 Å². The Labute approximate surface area is 146 Å². The number of aromatic hydroxyl groups is 1. The van der Waals surface area contributed by atoms with Crippen LogP contribution in [0.15, 0.2) is 35.1 Å². The van der Waals surface area contributed by atoms with Crippen LogP contribution in [-0.4, -0.2) is 34.1 Å². The van der Waals surface area contributed by atoms with E-state index in [1.165, 1.54) is 0 Å². The van der Waals surface area contributed by atoms with Crippen molar-refractivity contribution in [3.63, 3.8) is 0 Å². The highest BCUT2D eigenvalue weighted by Gasteiger charge is 2.11. The fourth-order valence-corrected chi connectivity index (χ4v) is 2.37. The molecule has 7 heteroatoms. The summed E-state index contributed by atoms with van der Waals surface area (Å²) in [4.78, 5) is 29.4. The minimum Gasteiger partial charge on any atom is -0.493 e. The van der Waals surface area contributed by atoms with Gasteiger partial charge >= 0.3 is 0 Å². The summed E-state index contributed by atoms with van der Waals surface area (Å²) in [5.74, 6) is 0.781. The van der Waals surface area contributed by atoms with Gasteiger partial charge in [0.25, 0.3) is 11.5 Å². The zero-order valence-corrected chi connectivity index (χ0v) is 14.4. The summed E-state index contributed by atoms with van der Waals surface area (Å²) in [6.07, 6.45) is 1.29. The Bertz CT molecular complexity index is 773. The van der Waals surface area contributed by atoms with Gasteiger partial charge in [0, 0.05) is 13.0 Å². The third-order valence-electron chi connectivity index (χ3n) is 3.88. The molecule has 1 unspecified atom stereocenters. The Morgan fingerprint density at radius 3 is 2.88 bits per heavy atom. The highest BCUT2D eigenvalue weighted by molar-refractivity contribution is 5.77. The number of aromatic nitrogens is 2. The summed E-state index contributed by atoms with van der Waals surface area (Å²) in [5.41, 5.74) is 0.651. The quantitative estimate of drug-likeness (QED) is 0.676. The Kier molecular flexibility index (Phi) is 6.56.